The number of unbranched alkanes of at least 4 members (excludes halogenated alkanes) is 1. The molecule has 0 aliphatic rings. The van der Waals surface area contributed by atoms with Gasteiger partial charge >= 0.3 is 5.97 Å². The summed E-state index contributed by atoms with van der Waals surface area (Å²) in [4.78, 5) is 10.4. The van der Waals surface area contributed by atoms with Gasteiger partial charge in [0.25, 0.3) is 0 Å². The van der Waals surface area contributed by atoms with Gasteiger partial charge in [-0.05, 0) is 38.0 Å². The van der Waals surface area contributed by atoms with Crippen molar-refractivity contribution in [1.82, 2.24) is 15.0 Å². The minimum absolute atomic E-state index is 0.239. The highest BCUT2D eigenvalue weighted by Gasteiger charge is 2.02. The van der Waals surface area contributed by atoms with Gasteiger partial charge in [0, 0.05) is 19.2 Å². The predicted molar refractivity (Wildman–Crippen MR) is 69.3 cm³/mol. The minimum Gasteiger partial charge on any atom is -0.481 e. The molecule has 0 amide bonds. The highest BCUT2D eigenvalue weighted by atomic mass is 16.4. The van der Waals surface area contributed by atoms with Gasteiger partial charge in [-0.25, -0.2) is 0 Å². The van der Waals surface area contributed by atoms with Crippen LogP contribution < -0.4 is 0 Å². The molecule has 0 aliphatic heterocycles. The SMILES string of the molecule is CC(C)CCCn1cc(CCCCC(=O)O)nn1. The van der Waals surface area contributed by atoms with E-state index in [9.17, 15) is 4.79 Å². The number of carbonyl (C=O) groups is 1. The fraction of sp³-hybridized carbons (Fsp3) is 0.769. The van der Waals surface area contributed by atoms with Crippen molar-refractivity contribution >= 4 is 5.97 Å². The molecular weight excluding hydrogens is 230 g/mol. The molecule has 102 valence electrons. The molecule has 1 aromatic rings. The van der Waals surface area contributed by atoms with Crippen molar-refractivity contribution < 1.29 is 9.90 Å². The number of rotatable bonds is 9. The van der Waals surface area contributed by atoms with Crippen LogP contribution in [-0.4, -0.2) is 26.1 Å². The standard InChI is InChI=1S/C13H23N3O2/c1-11(2)6-5-9-16-10-12(14-15-16)7-3-4-8-13(17)18/h10-11H,3-9H2,1-2H3,(H,17,18). The average molecular weight is 253 g/mol. The second-order valence-electron chi connectivity index (χ2n) is 5.11. The maximum atomic E-state index is 10.4. The fourth-order valence-electron chi connectivity index (χ4n) is 1.81. The molecule has 5 nitrogen and oxygen atoms in total. The van der Waals surface area contributed by atoms with E-state index in [1.54, 1.807) is 0 Å². The van der Waals surface area contributed by atoms with Crippen LogP contribution in [0.1, 0.15) is 51.6 Å². The van der Waals surface area contributed by atoms with Crippen molar-refractivity contribution in [3.63, 3.8) is 0 Å². The highest BCUT2D eigenvalue weighted by Crippen LogP contribution is 2.07. The maximum absolute atomic E-state index is 10.4. The number of carboxylic acids is 1. The lowest BCUT2D eigenvalue weighted by Crippen LogP contribution is -2.00. The van der Waals surface area contributed by atoms with Crippen LogP contribution in [0.4, 0.5) is 0 Å². The molecule has 5 heteroatoms. The minimum atomic E-state index is -0.729. The van der Waals surface area contributed by atoms with Crippen LogP contribution >= 0.6 is 0 Å². The maximum Gasteiger partial charge on any atom is 0.303 e. The molecule has 0 bridgehead atoms. The van der Waals surface area contributed by atoms with E-state index in [1.165, 1.54) is 6.42 Å². The monoisotopic (exact) mass is 253 g/mol. The first-order chi connectivity index (χ1) is 8.58. The summed E-state index contributed by atoms with van der Waals surface area (Å²) in [5.74, 6) is -0.00338. The lowest BCUT2D eigenvalue weighted by molar-refractivity contribution is -0.137. The summed E-state index contributed by atoms with van der Waals surface area (Å²) >= 11 is 0. The van der Waals surface area contributed by atoms with Crippen LogP contribution in [0.3, 0.4) is 0 Å². The second-order valence-corrected chi connectivity index (χ2v) is 5.11. The van der Waals surface area contributed by atoms with Crippen LogP contribution in [0.2, 0.25) is 0 Å². The zero-order valence-electron chi connectivity index (χ0n) is 11.3. The number of aliphatic carboxylic acids is 1. The van der Waals surface area contributed by atoms with Crippen molar-refractivity contribution in [3.05, 3.63) is 11.9 Å². The summed E-state index contributed by atoms with van der Waals surface area (Å²) in [6.07, 6.45) is 6.92. The molecule has 0 spiro atoms. The molecule has 0 atom stereocenters. The fourth-order valence-corrected chi connectivity index (χ4v) is 1.81. The summed E-state index contributed by atoms with van der Waals surface area (Å²) < 4.78 is 1.88. The number of aromatic nitrogens is 3. The molecule has 0 aliphatic carbocycles. The van der Waals surface area contributed by atoms with Crippen LogP contribution in [0.5, 0.6) is 0 Å². The summed E-state index contributed by atoms with van der Waals surface area (Å²) in [5, 5.41) is 16.7. The second kappa shape index (κ2) is 7.84. The molecule has 0 unspecified atom stereocenters. The van der Waals surface area contributed by atoms with Gasteiger partial charge in [-0.3, -0.25) is 9.48 Å². The molecule has 0 aromatic carbocycles. The molecule has 0 radical (unpaired) electrons. The van der Waals surface area contributed by atoms with Gasteiger partial charge in [0.2, 0.25) is 0 Å². The molecule has 0 fully saturated rings. The van der Waals surface area contributed by atoms with Gasteiger partial charge in [-0.2, -0.15) is 0 Å². The Bertz CT molecular complexity index is 361. The van der Waals surface area contributed by atoms with Crippen LogP contribution in [0.25, 0.3) is 0 Å². The Balaban J connectivity index is 2.19. The van der Waals surface area contributed by atoms with E-state index in [2.05, 4.69) is 24.2 Å². The largest absolute Gasteiger partial charge is 0.481 e. The van der Waals surface area contributed by atoms with Crippen molar-refractivity contribution in [2.24, 2.45) is 5.92 Å². The molecule has 1 rings (SSSR count). The van der Waals surface area contributed by atoms with Crippen LogP contribution in [-0.2, 0) is 17.8 Å². The first kappa shape index (κ1) is 14.7. The lowest BCUT2D eigenvalue weighted by atomic mass is 10.1. The quantitative estimate of drug-likeness (QED) is 0.687. The van der Waals surface area contributed by atoms with Gasteiger partial charge in [-0.15, -0.1) is 5.10 Å². The number of nitrogens with zero attached hydrogens (tertiary/aromatic N) is 3. The Morgan fingerprint density at radius 2 is 2.17 bits per heavy atom. The smallest absolute Gasteiger partial charge is 0.303 e. The third-order valence-electron chi connectivity index (χ3n) is 2.83. The molecule has 18 heavy (non-hydrogen) atoms. The van der Waals surface area contributed by atoms with E-state index in [0.29, 0.717) is 6.42 Å². The Labute approximate surface area is 108 Å². The lowest BCUT2D eigenvalue weighted by Gasteiger charge is -2.03. The van der Waals surface area contributed by atoms with E-state index >= 15 is 0 Å². The Morgan fingerprint density at radius 3 is 2.83 bits per heavy atom. The zero-order chi connectivity index (χ0) is 13.4. The molecule has 1 N–H and O–H groups in total. The molecule has 0 saturated heterocycles. The van der Waals surface area contributed by atoms with Crippen molar-refractivity contribution in [1.29, 1.82) is 0 Å². The molecule has 1 aromatic heterocycles. The van der Waals surface area contributed by atoms with Gasteiger partial charge in [0.1, 0.15) is 0 Å². The molecule has 0 saturated carbocycles. The third-order valence-corrected chi connectivity index (χ3v) is 2.83. The Morgan fingerprint density at radius 1 is 1.39 bits per heavy atom. The van der Waals surface area contributed by atoms with Gasteiger partial charge in [0.15, 0.2) is 0 Å². The van der Waals surface area contributed by atoms with Crippen LogP contribution in [0.15, 0.2) is 6.20 Å². The van der Waals surface area contributed by atoms with Gasteiger partial charge in [0.05, 0.1) is 5.69 Å². The number of aryl methyl sites for hydroxylation is 2. The van der Waals surface area contributed by atoms with Crippen molar-refractivity contribution in [3.8, 4) is 0 Å². The summed E-state index contributed by atoms with van der Waals surface area (Å²) in [6.45, 7) is 5.35. The third kappa shape index (κ3) is 6.37. The van der Waals surface area contributed by atoms with Crippen molar-refractivity contribution in [2.45, 2.75) is 58.9 Å². The zero-order valence-corrected chi connectivity index (χ0v) is 11.3. The first-order valence-corrected chi connectivity index (χ1v) is 6.68. The van der Waals surface area contributed by atoms with Gasteiger partial charge in [-0.1, -0.05) is 19.1 Å². The summed E-state index contributed by atoms with van der Waals surface area (Å²) in [6, 6.07) is 0. The summed E-state index contributed by atoms with van der Waals surface area (Å²) in [5.41, 5.74) is 0.963. The van der Waals surface area contributed by atoms with E-state index < -0.39 is 5.97 Å². The average Bonchev–Trinajstić information content (AvgIpc) is 2.72. The van der Waals surface area contributed by atoms with E-state index in [1.807, 2.05) is 10.9 Å². The summed E-state index contributed by atoms with van der Waals surface area (Å²) in [7, 11) is 0. The van der Waals surface area contributed by atoms with E-state index in [-0.39, 0.29) is 6.42 Å². The van der Waals surface area contributed by atoms with Gasteiger partial charge < -0.3 is 5.11 Å². The normalized spacial score (nSPS) is 11.1. The number of hydrogen-bond donors (Lipinski definition) is 1. The first-order valence-electron chi connectivity index (χ1n) is 6.68. The Hall–Kier alpha value is -1.39. The Kier molecular flexibility index (Phi) is 6.39. The number of hydrogen-bond acceptors (Lipinski definition) is 3. The highest BCUT2D eigenvalue weighted by molar-refractivity contribution is 5.66. The predicted octanol–water partition coefficient (Wildman–Crippen LogP) is 2.51. The molecule has 1 heterocycles. The topological polar surface area (TPSA) is 68.0 Å². The molecular formula is C13H23N3O2. The number of carboxylic acid groups (broad SMARTS) is 1. The van der Waals surface area contributed by atoms with E-state index in [4.69, 9.17) is 5.11 Å². The van der Waals surface area contributed by atoms with E-state index in [0.717, 1.165) is 37.4 Å². The van der Waals surface area contributed by atoms with Crippen molar-refractivity contribution in [2.75, 3.05) is 0 Å². The van der Waals surface area contributed by atoms with Crippen LogP contribution in [0, 0.1) is 5.92 Å².